The molecule has 0 bridgehead atoms. The van der Waals surface area contributed by atoms with Gasteiger partial charge in [0.1, 0.15) is 11.6 Å². The minimum absolute atomic E-state index is 0.253. The van der Waals surface area contributed by atoms with Crippen molar-refractivity contribution >= 4 is 5.71 Å². The van der Waals surface area contributed by atoms with Crippen LogP contribution in [0.25, 0.3) is 0 Å². The van der Waals surface area contributed by atoms with Crippen molar-refractivity contribution in [3.05, 3.63) is 59.2 Å². The van der Waals surface area contributed by atoms with E-state index in [4.69, 9.17) is 4.99 Å². The second-order valence-electron chi connectivity index (χ2n) is 7.25. The van der Waals surface area contributed by atoms with Gasteiger partial charge in [0.25, 0.3) is 0 Å². The Morgan fingerprint density at radius 2 is 1.75 bits per heavy atom. The van der Waals surface area contributed by atoms with Crippen molar-refractivity contribution in [1.82, 2.24) is 0 Å². The van der Waals surface area contributed by atoms with Crippen LogP contribution in [0.2, 0.25) is 0 Å². The van der Waals surface area contributed by atoms with Gasteiger partial charge < -0.3 is 0 Å². The number of halogens is 2. The summed E-state index contributed by atoms with van der Waals surface area (Å²) >= 11 is 0. The summed E-state index contributed by atoms with van der Waals surface area (Å²) in [5.41, 5.74) is 0.934. The van der Waals surface area contributed by atoms with Crippen molar-refractivity contribution in [2.24, 2.45) is 4.99 Å². The SMILES string of the molecule is C/C=C\C=C/C(=NC(C)(C)CC)C(C)(C)c1c(C)cc(F)cc1F. The maximum atomic E-state index is 14.5. The molecule has 24 heavy (non-hydrogen) atoms. The number of aryl methyl sites for hydroxylation is 1. The summed E-state index contributed by atoms with van der Waals surface area (Å²) in [4.78, 5) is 4.89. The molecule has 3 heteroatoms. The van der Waals surface area contributed by atoms with E-state index in [9.17, 15) is 8.78 Å². The number of rotatable bonds is 6. The molecule has 0 aliphatic heterocycles. The summed E-state index contributed by atoms with van der Waals surface area (Å²) < 4.78 is 28.0. The van der Waals surface area contributed by atoms with Crippen molar-refractivity contribution in [3.63, 3.8) is 0 Å². The number of hydrogen-bond donors (Lipinski definition) is 0. The lowest BCUT2D eigenvalue weighted by atomic mass is 9.76. The molecule has 0 fully saturated rings. The van der Waals surface area contributed by atoms with Crippen molar-refractivity contribution < 1.29 is 8.78 Å². The first-order valence-electron chi connectivity index (χ1n) is 8.41. The normalized spacial score (nSPS) is 14.1. The molecule has 0 aliphatic rings. The van der Waals surface area contributed by atoms with E-state index in [1.165, 1.54) is 6.07 Å². The first-order chi connectivity index (χ1) is 11.0. The third kappa shape index (κ3) is 4.86. The Kier molecular flexibility index (Phi) is 6.65. The number of benzene rings is 1. The molecule has 1 aromatic rings. The van der Waals surface area contributed by atoms with Gasteiger partial charge in [-0.15, -0.1) is 0 Å². The summed E-state index contributed by atoms with van der Waals surface area (Å²) in [6.07, 6.45) is 8.53. The topological polar surface area (TPSA) is 12.4 Å². The minimum Gasteiger partial charge on any atom is -0.283 e. The molecule has 0 heterocycles. The molecule has 0 amide bonds. The third-order valence-corrected chi connectivity index (χ3v) is 4.36. The maximum Gasteiger partial charge on any atom is 0.130 e. The zero-order valence-electron chi connectivity index (χ0n) is 15.9. The van der Waals surface area contributed by atoms with E-state index in [1.54, 1.807) is 6.92 Å². The lowest BCUT2D eigenvalue weighted by Gasteiger charge is -2.31. The smallest absolute Gasteiger partial charge is 0.130 e. The van der Waals surface area contributed by atoms with Gasteiger partial charge in [-0.05, 0) is 51.8 Å². The number of allylic oxidation sites excluding steroid dienone is 4. The van der Waals surface area contributed by atoms with Crippen molar-refractivity contribution in [1.29, 1.82) is 0 Å². The van der Waals surface area contributed by atoms with Crippen LogP contribution in [-0.4, -0.2) is 11.3 Å². The van der Waals surface area contributed by atoms with Gasteiger partial charge in [-0.1, -0.05) is 39.0 Å². The summed E-state index contributed by atoms with van der Waals surface area (Å²) in [7, 11) is 0. The van der Waals surface area contributed by atoms with Gasteiger partial charge in [-0.2, -0.15) is 0 Å². The van der Waals surface area contributed by atoms with E-state index in [2.05, 4.69) is 20.8 Å². The Morgan fingerprint density at radius 3 is 2.25 bits per heavy atom. The van der Waals surface area contributed by atoms with E-state index in [0.29, 0.717) is 11.1 Å². The number of aliphatic imine (C=N–C) groups is 1. The quantitative estimate of drug-likeness (QED) is 0.427. The Bertz CT molecular complexity index is 641. The van der Waals surface area contributed by atoms with Crippen molar-refractivity contribution in [2.45, 2.75) is 65.8 Å². The van der Waals surface area contributed by atoms with Crippen LogP contribution in [0.15, 0.2) is 41.4 Å². The molecule has 1 rings (SSSR count). The van der Waals surface area contributed by atoms with Crippen LogP contribution in [0.3, 0.4) is 0 Å². The molecular weight excluding hydrogens is 304 g/mol. The molecular formula is C21H29F2N. The molecule has 0 atom stereocenters. The molecule has 132 valence electrons. The summed E-state index contributed by atoms with van der Waals surface area (Å²) in [6.45, 7) is 13.7. The second-order valence-corrected chi connectivity index (χ2v) is 7.25. The van der Waals surface area contributed by atoms with Gasteiger partial charge in [0.15, 0.2) is 0 Å². The van der Waals surface area contributed by atoms with Crippen molar-refractivity contribution in [3.8, 4) is 0 Å². The van der Waals surface area contributed by atoms with E-state index >= 15 is 0 Å². The zero-order valence-corrected chi connectivity index (χ0v) is 15.9. The standard InChI is InChI=1S/C21H29F2N/c1-8-10-11-12-18(24-20(4,5)9-2)21(6,7)19-15(3)13-16(22)14-17(19)23/h8,10-14H,9H2,1-7H3/b10-8-,12-11-,24-18?. The fourth-order valence-corrected chi connectivity index (χ4v) is 2.67. The zero-order chi connectivity index (χ0) is 18.5. The van der Waals surface area contributed by atoms with Crippen LogP contribution in [0.5, 0.6) is 0 Å². The highest BCUT2D eigenvalue weighted by atomic mass is 19.1. The van der Waals surface area contributed by atoms with Crippen LogP contribution in [0, 0.1) is 18.6 Å². The van der Waals surface area contributed by atoms with Gasteiger partial charge in [-0.3, -0.25) is 4.99 Å². The minimum atomic E-state index is -0.674. The Hall–Kier alpha value is -1.77. The van der Waals surface area contributed by atoms with Crippen LogP contribution < -0.4 is 0 Å². The molecule has 0 aliphatic carbocycles. The van der Waals surface area contributed by atoms with Crippen LogP contribution in [0.4, 0.5) is 8.78 Å². The Labute approximate surface area is 145 Å². The van der Waals surface area contributed by atoms with Gasteiger partial charge in [0.2, 0.25) is 0 Å². The fourth-order valence-electron chi connectivity index (χ4n) is 2.67. The highest BCUT2D eigenvalue weighted by Crippen LogP contribution is 2.33. The van der Waals surface area contributed by atoms with E-state index in [0.717, 1.165) is 18.2 Å². The van der Waals surface area contributed by atoms with E-state index in [1.807, 2.05) is 45.1 Å². The number of nitrogens with zero attached hydrogens (tertiary/aromatic N) is 1. The first kappa shape index (κ1) is 20.3. The van der Waals surface area contributed by atoms with Gasteiger partial charge in [0, 0.05) is 22.8 Å². The molecule has 1 aromatic carbocycles. The fraction of sp³-hybridized carbons (Fsp3) is 0.476. The highest BCUT2D eigenvalue weighted by molar-refractivity contribution is 6.03. The molecule has 0 radical (unpaired) electrons. The third-order valence-electron chi connectivity index (χ3n) is 4.36. The second kappa shape index (κ2) is 7.87. The van der Waals surface area contributed by atoms with Crippen LogP contribution >= 0.6 is 0 Å². The lowest BCUT2D eigenvalue weighted by Crippen LogP contribution is -2.33. The number of hydrogen-bond acceptors (Lipinski definition) is 1. The van der Waals surface area contributed by atoms with Gasteiger partial charge >= 0.3 is 0 Å². The van der Waals surface area contributed by atoms with Gasteiger partial charge in [0.05, 0.1) is 5.54 Å². The highest BCUT2D eigenvalue weighted by Gasteiger charge is 2.32. The summed E-state index contributed by atoms with van der Waals surface area (Å²) in [5, 5.41) is 0. The molecule has 0 spiro atoms. The van der Waals surface area contributed by atoms with E-state index < -0.39 is 17.0 Å². The maximum absolute atomic E-state index is 14.5. The molecule has 0 saturated heterocycles. The molecule has 0 unspecified atom stereocenters. The average molecular weight is 333 g/mol. The lowest BCUT2D eigenvalue weighted by molar-refractivity contribution is 0.494. The first-order valence-corrected chi connectivity index (χ1v) is 8.41. The monoisotopic (exact) mass is 333 g/mol. The molecule has 1 nitrogen and oxygen atoms in total. The molecule has 0 aromatic heterocycles. The summed E-state index contributed by atoms with van der Waals surface area (Å²) in [6, 6.07) is 2.32. The van der Waals surface area contributed by atoms with Crippen molar-refractivity contribution in [2.75, 3.05) is 0 Å². The molecule has 0 N–H and O–H groups in total. The van der Waals surface area contributed by atoms with Gasteiger partial charge in [-0.25, -0.2) is 8.78 Å². The average Bonchev–Trinajstić information content (AvgIpc) is 2.44. The molecule has 0 saturated carbocycles. The van der Waals surface area contributed by atoms with E-state index in [-0.39, 0.29) is 5.54 Å². The Balaban J connectivity index is 3.56. The Morgan fingerprint density at radius 1 is 1.12 bits per heavy atom. The van der Waals surface area contributed by atoms with Crippen LogP contribution in [-0.2, 0) is 5.41 Å². The summed E-state index contributed by atoms with van der Waals surface area (Å²) in [5.74, 6) is -1.08. The predicted octanol–water partition coefficient (Wildman–Crippen LogP) is 6.31. The van der Waals surface area contributed by atoms with Crippen LogP contribution in [0.1, 0.15) is 59.1 Å². The largest absolute Gasteiger partial charge is 0.283 e. The predicted molar refractivity (Wildman–Crippen MR) is 99.9 cm³/mol.